The normalized spacial score (nSPS) is 28.8. The zero-order valence-corrected chi connectivity index (χ0v) is 11.6. The fourth-order valence-electron chi connectivity index (χ4n) is 3.24. The number of nitrogens with one attached hydrogen (secondary N) is 1. The van der Waals surface area contributed by atoms with Crippen LogP contribution in [-0.4, -0.2) is 62.2 Å². The molecule has 3 heteroatoms. The molecule has 0 aromatic carbocycles. The lowest BCUT2D eigenvalue weighted by molar-refractivity contribution is 0.144. The van der Waals surface area contributed by atoms with Crippen molar-refractivity contribution in [2.24, 2.45) is 0 Å². The molecule has 0 radical (unpaired) electrons. The molecule has 1 aliphatic carbocycles. The van der Waals surface area contributed by atoms with Crippen LogP contribution >= 0.6 is 0 Å². The maximum atomic E-state index is 3.51. The van der Waals surface area contributed by atoms with Crippen molar-refractivity contribution >= 4 is 0 Å². The van der Waals surface area contributed by atoms with E-state index in [2.05, 4.69) is 29.2 Å². The van der Waals surface area contributed by atoms with Gasteiger partial charge in [-0.15, -0.1) is 0 Å². The summed E-state index contributed by atoms with van der Waals surface area (Å²) in [6.45, 7) is 4.81. The van der Waals surface area contributed by atoms with E-state index in [0.29, 0.717) is 0 Å². The lowest BCUT2D eigenvalue weighted by Crippen LogP contribution is -2.50. The summed E-state index contributed by atoms with van der Waals surface area (Å²) in [4.78, 5) is 5.13. The molecule has 0 amide bonds. The Bertz CT molecular complexity index is 214. The maximum Gasteiger partial charge on any atom is 0.0230 e. The van der Waals surface area contributed by atoms with Gasteiger partial charge >= 0.3 is 0 Å². The van der Waals surface area contributed by atoms with Crippen molar-refractivity contribution < 1.29 is 0 Å². The van der Waals surface area contributed by atoms with Crippen LogP contribution in [0, 0.1) is 0 Å². The molecule has 0 aromatic heterocycles. The minimum atomic E-state index is 0.745. The van der Waals surface area contributed by atoms with Gasteiger partial charge in [-0.3, -0.25) is 0 Å². The number of hydrogen-bond donors (Lipinski definition) is 1. The molecule has 1 saturated carbocycles. The molecule has 1 unspecified atom stereocenters. The van der Waals surface area contributed by atoms with Crippen molar-refractivity contribution in [3.05, 3.63) is 0 Å². The van der Waals surface area contributed by atoms with Gasteiger partial charge in [0.2, 0.25) is 0 Å². The molecule has 2 fully saturated rings. The van der Waals surface area contributed by atoms with Crippen LogP contribution in [-0.2, 0) is 0 Å². The summed E-state index contributed by atoms with van der Waals surface area (Å²) in [5.41, 5.74) is 0. The summed E-state index contributed by atoms with van der Waals surface area (Å²) in [7, 11) is 4.60. The van der Waals surface area contributed by atoms with Gasteiger partial charge in [0.15, 0.2) is 0 Å². The molecule has 1 atom stereocenters. The van der Waals surface area contributed by atoms with Gasteiger partial charge in [-0.1, -0.05) is 19.3 Å². The fourth-order valence-corrected chi connectivity index (χ4v) is 3.24. The van der Waals surface area contributed by atoms with Gasteiger partial charge in [-0.25, -0.2) is 0 Å². The minimum Gasteiger partial charge on any atom is -0.314 e. The Morgan fingerprint density at radius 1 is 1.24 bits per heavy atom. The van der Waals surface area contributed by atoms with E-state index in [-0.39, 0.29) is 0 Å². The van der Waals surface area contributed by atoms with Gasteiger partial charge < -0.3 is 15.1 Å². The van der Waals surface area contributed by atoms with Crippen LogP contribution in [0.4, 0.5) is 0 Å². The van der Waals surface area contributed by atoms with Gasteiger partial charge in [0.1, 0.15) is 0 Å². The van der Waals surface area contributed by atoms with Crippen molar-refractivity contribution in [2.45, 2.75) is 50.6 Å². The van der Waals surface area contributed by atoms with Crippen LogP contribution in [0.25, 0.3) is 0 Å². The molecule has 0 aromatic rings. The summed E-state index contributed by atoms with van der Waals surface area (Å²) < 4.78 is 0. The average Bonchev–Trinajstić information content (AvgIpc) is 2.38. The largest absolute Gasteiger partial charge is 0.314 e. The monoisotopic (exact) mass is 239 g/mol. The van der Waals surface area contributed by atoms with Crippen molar-refractivity contribution in [3.63, 3.8) is 0 Å². The molecule has 1 heterocycles. The molecular weight excluding hydrogens is 210 g/mol. The highest BCUT2D eigenvalue weighted by Crippen LogP contribution is 2.22. The number of nitrogens with zero attached hydrogens (tertiary/aromatic N) is 2. The zero-order chi connectivity index (χ0) is 12.1. The number of rotatable bonds is 4. The molecule has 1 aliphatic heterocycles. The molecule has 1 saturated heterocycles. The van der Waals surface area contributed by atoms with Gasteiger partial charge in [-0.2, -0.15) is 0 Å². The lowest BCUT2D eigenvalue weighted by Gasteiger charge is -2.36. The smallest absolute Gasteiger partial charge is 0.0230 e. The van der Waals surface area contributed by atoms with Crippen molar-refractivity contribution in [1.82, 2.24) is 15.1 Å². The van der Waals surface area contributed by atoms with Crippen LogP contribution < -0.4 is 5.32 Å². The predicted octanol–water partition coefficient (Wildman–Crippen LogP) is 1.54. The third-order valence-electron chi connectivity index (χ3n) is 4.66. The van der Waals surface area contributed by atoms with E-state index >= 15 is 0 Å². The summed E-state index contributed by atoms with van der Waals surface area (Å²) in [6.07, 6.45) is 8.51. The first-order valence-corrected chi connectivity index (χ1v) is 7.38. The fraction of sp³-hybridized carbons (Fsp3) is 1.00. The lowest BCUT2D eigenvalue weighted by atomic mass is 9.94. The number of hydrogen-bond acceptors (Lipinski definition) is 3. The minimum absolute atomic E-state index is 0.745. The predicted molar refractivity (Wildman–Crippen MR) is 73.4 cm³/mol. The van der Waals surface area contributed by atoms with Crippen molar-refractivity contribution in [3.8, 4) is 0 Å². The van der Waals surface area contributed by atoms with E-state index < -0.39 is 0 Å². The Labute approximate surface area is 107 Å². The zero-order valence-electron chi connectivity index (χ0n) is 11.6. The number of piperazine rings is 1. The third kappa shape index (κ3) is 3.94. The molecule has 17 heavy (non-hydrogen) atoms. The summed E-state index contributed by atoms with van der Waals surface area (Å²) >= 11 is 0. The second kappa shape index (κ2) is 6.72. The highest BCUT2D eigenvalue weighted by Gasteiger charge is 2.21. The molecule has 2 rings (SSSR count). The van der Waals surface area contributed by atoms with E-state index in [0.717, 1.165) is 18.6 Å². The van der Waals surface area contributed by atoms with E-state index in [4.69, 9.17) is 0 Å². The first-order valence-electron chi connectivity index (χ1n) is 7.38. The van der Waals surface area contributed by atoms with Crippen LogP contribution in [0.2, 0.25) is 0 Å². The summed E-state index contributed by atoms with van der Waals surface area (Å²) in [5, 5.41) is 3.51. The van der Waals surface area contributed by atoms with Crippen molar-refractivity contribution in [2.75, 3.05) is 40.3 Å². The number of likely N-dealkylation sites (N-methyl/N-ethyl adjacent to an activating group) is 1. The standard InChI is InChI=1S/C14H29N3/c1-16(13-6-4-3-5-7-13)10-8-14-12-15-9-11-17(14)2/h13-15H,3-12H2,1-2H3. The quantitative estimate of drug-likeness (QED) is 0.803. The summed E-state index contributed by atoms with van der Waals surface area (Å²) in [6, 6.07) is 1.61. The highest BCUT2D eigenvalue weighted by molar-refractivity contribution is 4.80. The first-order chi connectivity index (χ1) is 8.27. The second-order valence-electron chi connectivity index (χ2n) is 5.90. The average molecular weight is 239 g/mol. The van der Waals surface area contributed by atoms with Gasteiger partial charge in [-0.05, 0) is 39.9 Å². The molecule has 100 valence electrons. The van der Waals surface area contributed by atoms with Crippen LogP contribution in [0.1, 0.15) is 38.5 Å². The topological polar surface area (TPSA) is 18.5 Å². The second-order valence-corrected chi connectivity index (χ2v) is 5.90. The molecule has 0 bridgehead atoms. The van der Waals surface area contributed by atoms with Gasteiger partial charge in [0.05, 0.1) is 0 Å². The van der Waals surface area contributed by atoms with E-state index in [1.807, 2.05) is 0 Å². The Balaban J connectivity index is 1.69. The van der Waals surface area contributed by atoms with E-state index in [1.54, 1.807) is 0 Å². The van der Waals surface area contributed by atoms with Crippen LogP contribution in [0.15, 0.2) is 0 Å². The maximum absolute atomic E-state index is 3.51. The molecule has 2 aliphatic rings. The SMILES string of the molecule is CN(CCC1CNCCN1C)C1CCCCC1. The third-order valence-corrected chi connectivity index (χ3v) is 4.66. The van der Waals surface area contributed by atoms with Gasteiger partial charge in [0.25, 0.3) is 0 Å². The van der Waals surface area contributed by atoms with Gasteiger partial charge in [0, 0.05) is 31.7 Å². The molecule has 0 spiro atoms. The van der Waals surface area contributed by atoms with E-state index in [9.17, 15) is 0 Å². The Morgan fingerprint density at radius 3 is 2.71 bits per heavy atom. The van der Waals surface area contributed by atoms with Crippen LogP contribution in [0.3, 0.4) is 0 Å². The Morgan fingerprint density at radius 2 is 2.00 bits per heavy atom. The van der Waals surface area contributed by atoms with Crippen molar-refractivity contribution in [1.29, 1.82) is 0 Å². The first kappa shape index (κ1) is 13.3. The molecular formula is C14H29N3. The Kier molecular flexibility index (Phi) is 5.26. The van der Waals surface area contributed by atoms with E-state index in [1.165, 1.54) is 58.2 Å². The highest BCUT2D eigenvalue weighted by atomic mass is 15.2. The summed E-state index contributed by atoms with van der Waals surface area (Å²) in [5.74, 6) is 0. The Hall–Kier alpha value is -0.120. The molecule has 1 N–H and O–H groups in total. The molecule has 3 nitrogen and oxygen atoms in total. The van der Waals surface area contributed by atoms with Crippen LogP contribution in [0.5, 0.6) is 0 Å².